The van der Waals surface area contributed by atoms with Crippen LogP contribution in [0.2, 0.25) is 0 Å². The molecule has 5 nitrogen and oxygen atoms in total. The predicted molar refractivity (Wildman–Crippen MR) is 102 cm³/mol. The van der Waals surface area contributed by atoms with Gasteiger partial charge in [0, 0.05) is 16.9 Å². The second kappa shape index (κ2) is 6.43. The molecule has 0 radical (unpaired) electrons. The molecular weight excluding hydrogens is 344 g/mol. The molecule has 2 aromatic carbocycles. The molecular formula is C22H18O5. The second-order valence-corrected chi connectivity index (χ2v) is 6.68. The monoisotopic (exact) mass is 362 g/mol. The van der Waals surface area contributed by atoms with Gasteiger partial charge in [-0.15, -0.1) is 0 Å². The summed E-state index contributed by atoms with van der Waals surface area (Å²) in [5.74, 6) is -0.155. The number of hydrogen-bond donors (Lipinski definition) is 1. The third-order valence-corrected chi connectivity index (χ3v) is 4.81. The molecule has 2 aromatic heterocycles. The van der Waals surface area contributed by atoms with Gasteiger partial charge in [0.25, 0.3) is 0 Å². The van der Waals surface area contributed by atoms with Crippen LogP contribution in [0.5, 0.6) is 5.75 Å². The van der Waals surface area contributed by atoms with Crippen molar-refractivity contribution in [2.75, 3.05) is 0 Å². The van der Waals surface area contributed by atoms with E-state index in [-0.39, 0.29) is 23.5 Å². The van der Waals surface area contributed by atoms with Gasteiger partial charge in [-0.05, 0) is 25.1 Å². The summed E-state index contributed by atoms with van der Waals surface area (Å²) in [5, 5.41) is 12.1. The lowest BCUT2D eigenvalue weighted by atomic mass is 9.89. The van der Waals surface area contributed by atoms with Crippen molar-refractivity contribution in [2.24, 2.45) is 0 Å². The van der Waals surface area contributed by atoms with Gasteiger partial charge in [0.15, 0.2) is 0 Å². The Kier molecular flexibility index (Phi) is 4.07. The summed E-state index contributed by atoms with van der Waals surface area (Å²) >= 11 is 0. The van der Waals surface area contributed by atoms with Crippen LogP contribution in [-0.2, 0) is 11.2 Å². The number of fused-ring (bicyclic) bond motifs is 2. The number of carbonyl (C=O) groups is 1. The maximum Gasteiger partial charge on any atom is 0.343 e. The van der Waals surface area contributed by atoms with E-state index in [1.165, 1.54) is 6.92 Å². The zero-order chi connectivity index (χ0) is 19.1. The lowest BCUT2D eigenvalue weighted by Crippen LogP contribution is -2.13. The van der Waals surface area contributed by atoms with E-state index in [0.717, 1.165) is 10.9 Å². The van der Waals surface area contributed by atoms with Gasteiger partial charge in [-0.1, -0.05) is 37.3 Å². The largest absolute Gasteiger partial charge is 0.507 e. The summed E-state index contributed by atoms with van der Waals surface area (Å²) in [6, 6.07) is 14.3. The van der Waals surface area contributed by atoms with Crippen LogP contribution in [0.1, 0.15) is 36.7 Å². The number of aromatic hydroxyl groups is 1. The molecule has 0 spiro atoms. The van der Waals surface area contributed by atoms with Crippen molar-refractivity contribution in [3.05, 3.63) is 75.8 Å². The highest BCUT2D eigenvalue weighted by atomic mass is 16.4. The minimum Gasteiger partial charge on any atom is -0.507 e. The number of furan rings is 1. The van der Waals surface area contributed by atoms with Crippen LogP contribution in [0.4, 0.5) is 0 Å². The summed E-state index contributed by atoms with van der Waals surface area (Å²) in [6.07, 6.45) is 0.119. The average Bonchev–Trinajstić information content (AvgIpc) is 2.98. The highest BCUT2D eigenvalue weighted by Gasteiger charge is 2.27. The molecule has 0 amide bonds. The quantitative estimate of drug-likeness (QED) is 0.540. The van der Waals surface area contributed by atoms with E-state index < -0.39 is 11.5 Å². The summed E-state index contributed by atoms with van der Waals surface area (Å²) in [6.45, 7) is 3.30. The Labute approximate surface area is 154 Å². The Balaban J connectivity index is 1.98. The summed E-state index contributed by atoms with van der Waals surface area (Å²) in [5.41, 5.74) is 1.25. The van der Waals surface area contributed by atoms with Gasteiger partial charge in [0.1, 0.15) is 28.5 Å². The minimum absolute atomic E-state index is 0.0442. The normalized spacial score (nSPS) is 12.5. The maximum atomic E-state index is 12.6. The molecule has 4 rings (SSSR count). The minimum atomic E-state index is -0.599. The van der Waals surface area contributed by atoms with Gasteiger partial charge in [-0.25, -0.2) is 4.79 Å². The van der Waals surface area contributed by atoms with Crippen LogP contribution in [0.25, 0.3) is 21.9 Å². The van der Waals surface area contributed by atoms with E-state index in [2.05, 4.69) is 0 Å². The summed E-state index contributed by atoms with van der Waals surface area (Å²) in [4.78, 5) is 24.4. The number of ketones is 1. The van der Waals surface area contributed by atoms with E-state index in [9.17, 15) is 14.7 Å². The van der Waals surface area contributed by atoms with Crippen molar-refractivity contribution in [3.8, 4) is 5.75 Å². The Bertz CT molecular complexity index is 1230. The first-order valence-corrected chi connectivity index (χ1v) is 8.71. The fourth-order valence-electron chi connectivity index (χ4n) is 3.62. The van der Waals surface area contributed by atoms with Crippen molar-refractivity contribution in [1.29, 1.82) is 0 Å². The average molecular weight is 362 g/mol. The molecule has 0 saturated carbocycles. The second-order valence-electron chi connectivity index (χ2n) is 6.68. The number of para-hydroxylation sites is 2. The SMILES string of the molecule is CC(=O)Cc1oc2ccccc2c1C(C)c1c(O)c2ccccc2oc1=O. The van der Waals surface area contributed by atoms with Crippen molar-refractivity contribution >= 4 is 27.7 Å². The van der Waals surface area contributed by atoms with Gasteiger partial charge >= 0.3 is 5.63 Å². The van der Waals surface area contributed by atoms with E-state index in [1.54, 1.807) is 24.3 Å². The molecule has 0 saturated heterocycles. The van der Waals surface area contributed by atoms with Gasteiger partial charge in [-0.3, -0.25) is 4.79 Å². The highest BCUT2D eigenvalue weighted by Crippen LogP contribution is 2.39. The number of carbonyl (C=O) groups excluding carboxylic acids is 1. The fraction of sp³-hybridized carbons (Fsp3) is 0.182. The molecule has 0 bridgehead atoms. The molecule has 0 aliphatic rings. The maximum absolute atomic E-state index is 12.6. The van der Waals surface area contributed by atoms with Gasteiger partial charge in [-0.2, -0.15) is 0 Å². The molecule has 0 fully saturated rings. The molecule has 2 heterocycles. The number of hydrogen-bond acceptors (Lipinski definition) is 5. The molecule has 4 aromatic rings. The number of benzene rings is 2. The molecule has 5 heteroatoms. The van der Waals surface area contributed by atoms with E-state index in [1.807, 2.05) is 31.2 Å². The zero-order valence-electron chi connectivity index (χ0n) is 15.0. The van der Waals surface area contributed by atoms with Crippen LogP contribution < -0.4 is 5.63 Å². The molecule has 136 valence electrons. The van der Waals surface area contributed by atoms with Crippen LogP contribution in [-0.4, -0.2) is 10.9 Å². The van der Waals surface area contributed by atoms with Crippen LogP contribution in [0, 0.1) is 0 Å². The number of Topliss-reactive ketones (excluding diaryl/α,β-unsaturated/α-hetero) is 1. The third kappa shape index (κ3) is 2.81. The number of rotatable bonds is 4. The molecule has 1 atom stereocenters. The van der Waals surface area contributed by atoms with Crippen LogP contribution >= 0.6 is 0 Å². The highest BCUT2D eigenvalue weighted by molar-refractivity contribution is 5.88. The first kappa shape index (κ1) is 17.1. The van der Waals surface area contributed by atoms with Crippen molar-refractivity contribution in [1.82, 2.24) is 0 Å². The predicted octanol–water partition coefficient (Wildman–Crippen LogP) is 4.53. The Morgan fingerprint density at radius 3 is 2.22 bits per heavy atom. The summed E-state index contributed by atoms with van der Waals surface area (Å²) in [7, 11) is 0. The lowest BCUT2D eigenvalue weighted by Gasteiger charge is -2.14. The fourth-order valence-corrected chi connectivity index (χ4v) is 3.62. The molecule has 1 unspecified atom stereocenters. The molecule has 0 aliphatic carbocycles. The molecule has 0 aliphatic heterocycles. The van der Waals surface area contributed by atoms with Gasteiger partial charge in [0.2, 0.25) is 0 Å². The van der Waals surface area contributed by atoms with E-state index in [4.69, 9.17) is 8.83 Å². The van der Waals surface area contributed by atoms with Gasteiger partial charge < -0.3 is 13.9 Å². The topological polar surface area (TPSA) is 80.7 Å². The van der Waals surface area contributed by atoms with Crippen molar-refractivity contribution in [2.45, 2.75) is 26.2 Å². The third-order valence-electron chi connectivity index (χ3n) is 4.81. The van der Waals surface area contributed by atoms with Crippen LogP contribution in [0.3, 0.4) is 0 Å². The van der Waals surface area contributed by atoms with Crippen LogP contribution in [0.15, 0.2) is 62.2 Å². The standard InChI is InChI=1S/C22H18O5/c1-12(23)11-18-19(14-7-3-5-9-16(14)26-18)13(2)20-21(24)15-8-4-6-10-17(15)27-22(20)25/h3-10,13,24H,11H2,1-2H3. The Morgan fingerprint density at radius 2 is 1.56 bits per heavy atom. The smallest absolute Gasteiger partial charge is 0.343 e. The summed E-state index contributed by atoms with van der Waals surface area (Å²) < 4.78 is 11.3. The first-order chi connectivity index (χ1) is 13.0. The lowest BCUT2D eigenvalue weighted by molar-refractivity contribution is -0.116. The van der Waals surface area contributed by atoms with Gasteiger partial charge in [0.05, 0.1) is 17.4 Å². The van der Waals surface area contributed by atoms with Crippen molar-refractivity contribution < 1.29 is 18.7 Å². The van der Waals surface area contributed by atoms with E-state index >= 15 is 0 Å². The van der Waals surface area contributed by atoms with E-state index in [0.29, 0.717) is 22.3 Å². The molecule has 27 heavy (non-hydrogen) atoms. The first-order valence-electron chi connectivity index (χ1n) is 8.71. The zero-order valence-corrected chi connectivity index (χ0v) is 15.0. The Hall–Kier alpha value is -3.34. The molecule has 1 N–H and O–H groups in total. The Morgan fingerprint density at radius 1 is 0.963 bits per heavy atom. The van der Waals surface area contributed by atoms with Crippen molar-refractivity contribution in [3.63, 3.8) is 0 Å².